The van der Waals surface area contributed by atoms with Gasteiger partial charge in [-0.3, -0.25) is 4.79 Å². The summed E-state index contributed by atoms with van der Waals surface area (Å²) in [5.41, 5.74) is 3.26. The molecule has 1 fully saturated rings. The van der Waals surface area contributed by atoms with Crippen LogP contribution in [0.15, 0.2) is 56.9 Å². The molecule has 1 amide bonds. The fourth-order valence-electron chi connectivity index (χ4n) is 3.18. The molecule has 0 aromatic heterocycles. The average Bonchev–Trinajstić information content (AvgIpc) is 2.74. The molecule has 1 N–H and O–H groups in total. The minimum absolute atomic E-state index is 0.197. The molecule has 0 atom stereocenters. The summed E-state index contributed by atoms with van der Waals surface area (Å²) < 4.78 is 33.0. The number of hydrogen-bond donors (Lipinski definition) is 1. The van der Waals surface area contributed by atoms with E-state index < -0.39 is 10.0 Å². The second kappa shape index (κ2) is 9.91. The van der Waals surface area contributed by atoms with E-state index in [0.29, 0.717) is 23.6 Å². The summed E-state index contributed by atoms with van der Waals surface area (Å²) in [5, 5.41) is 4.50. The number of methoxy groups -OCH3 is 1. The number of sulfonamides is 1. The number of halogens is 2. The lowest BCUT2D eigenvalue weighted by atomic mass is 9.98. The Labute approximate surface area is 189 Å². The molecule has 0 saturated carbocycles. The van der Waals surface area contributed by atoms with Crippen molar-refractivity contribution in [1.29, 1.82) is 0 Å². The minimum atomic E-state index is -3.60. The monoisotopic (exact) mass is 513 g/mol. The highest BCUT2D eigenvalue weighted by atomic mass is 79.9. The zero-order valence-corrected chi connectivity index (χ0v) is 19.4. The Morgan fingerprint density at radius 3 is 2.53 bits per heavy atom. The Balaban J connectivity index is 1.57. The van der Waals surface area contributed by atoms with Gasteiger partial charge in [-0.1, -0.05) is 27.5 Å². The van der Waals surface area contributed by atoms with Crippen molar-refractivity contribution >= 4 is 49.7 Å². The van der Waals surface area contributed by atoms with Crippen molar-refractivity contribution in [3.63, 3.8) is 0 Å². The number of benzene rings is 2. The van der Waals surface area contributed by atoms with Crippen LogP contribution in [0.5, 0.6) is 5.75 Å². The number of carbonyl (C=O) groups excluding carboxylic acids is 1. The molecule has 30 heavy (non-hydrogen) atoms. The van der Waals surface area contributed by atoms with Gasteiger partial charge in [-0.15, -0.1) is 0 Å². The second-order valence-electron chi connectivity index (χ2n) is 6.75. The zero-order valence-electron chi connectivity index (χ0n) is 16.2. The lowest BCUT2D eigenvalue weighted by Gasteiger charge is -2.30. The number of piperidine rings is 1. The second-order valence-corrected chi connectivity index (χ2v) is 10.0. The smallest absolute Gasteiger partial charge is 0.243 e. The van der Waals surface area contributed by atoms with Crippen LogP contribution < -0.4 is 10.2 Å². The summed E-state index contributed by atoms with van der Waals surface area (Å²) in [4.78, 5) is 12.6. The van der Waals surface area contributed by atoms with Crippen LogP contribution in [-0.2, 0) is 14.8 Å². The highest BCUT2D eigenvalue weighted by Gasteiger charge is 2.32. The number of carbonyl (C=O) groups is 1. The number of hydrazone groups is 1. The van der Waals surface area contributed by atoms with E-state index in [1.807, 2.05) is 12.1 Å². The maximum absolute atomic E-state index is 12.7. The Hall–Kier alpha value is -1.94. The van der Waals surface area contributed by atoms with Gasteiger partial charge in [0.2, 0.25) is 15.9 Å². The van der Waals surface area contributed by atoms with Crippen LogP contribution in [0.3, 0.4) is 0 Å². The summed E-state index contributed by atoms with van der Waals surface area (Å²) in [6.07, 6.45) is 2.37. The number of rotatable bonds is 6. The first-order valence-electron chi connectivity index (χ1n) is 9.23. The normalized spacial score (nSPS) is 16.0. The quantitative estimate of drug-likeness (QED) is 0.471. The van der Waals surface area contributed by atoms with Crippen LogP contribution in [-0.4, -0.2) is 45.0 Å². The molecule has 1 saturated heterocycles. The molecule has 1 heterocycles. The topological polar surface area (TPSA) is 88.1 Å². The first kappa shape index (κ1) is 22.7. The predicted molar refractivity (Wildman–Crippen MR) is 119 cm³/mol. The van der Waals surface area contributed by atoms with Crippen LogP contribution in [0.1, 0.15) is 18.4 Å². The van der Waals surface area contributed by atoms with Crippen molar-refractivity contribution in [2.45, 2.75) is 17.7 Å². The van der Waals surface area contributed by atoms with E-state index in [1.54, 1.807) is 25.3 Å². The van der Waals surface area contributed by atoms with Gasteiger partial charge in [0.15, 0.2) is 0 Å². The van der Waals surface area contributed by atoms with Gasteiger partial charge in [0.1, 0.15) is 5.75 Å². The molecule has 0 aliphatic carbocycles. The van der Waals surface area contributed by atoms with Crippen LogP contribution in [0.25, 0.3) is 0 Å². The van der Waals surface area contributed by atoms with E-state index in [2.05, 4.69) is 26.5 Å². The van der Waals surface area contributed by atoms with Crippen LogP contribution >= 0.6 is 27.5 Å². The molecule has 2 aromatic carbocycles. The SMILES string of the molecule is COc1ccc(Br)cc1/C=N\NC(=O)C1CCN(S(=O)(=O)c2ccc(Cl)cc2)CC1. The summed E-state index contributed by atoms with van der Waals surface area (Å²) in [5.74, 6) is 0.101. The van der Waals surface area contributed by atoms with Crippen molar-refractivity contribution in [1.82, 2.24) is 9.73 Å². The highest BCUT2D eigenvalue weighted by molar-refractivity contribution is 9.10. The number of amides is 1. The van der Waals surface area contributed by atoms with E-state index in [9.17, 15) is 13.2 Å². The van der Waals surface area contributed by atoms with Crippen molar-refractivity contribution in [2.24, 2.45) is 11.0 Å². The van der Waals surface area contributed by atoms with Crippen LogP contribution in [0.2, 0.25) is 5.02 Å². The van der Waals surface area contributed by atoms with Gasteiger partial charge >= 0.3 is 0 Å². The van der Waals surface area contributed by atoms with E-state index in [0.717, 1.165) is 10.0 Å². The van der Waals surface area contributed by atoms with Gasteiger partial charge < -0.3 is 4.74 Å². The first-order valence-corrected chi connectivity index (χ1v) is 11.8. The molecular formula is C20H21BrClN3O4S. The van der Waals surface area contributed by atoms with Crippen molar-refractivity contribution in [3.8, 4) is 5.75 Å². The summed E-state index contributed by atoms with van der Waals surface area (Å²) in [6.45, 7) is 0.540. The van der Waals surface area contributed by atoms with Gasteiger partial charge in [-0.05, 0) is 55.3 Å². The van der Waals surface area contributed by atoms with E-state index in [-0.39, 0.29) is 29.8 Å². The van der Waals surface area contributed by atoms with Crippen LogP contribution in [0, 0.1) is 5.92 Å². The van der Waals surface area contributed by atoms with Crippen molar-refractivity contribution in [2.75, 3.05) is 20.2 Å². The van der Waals surface area contributed by atoms with Crippen molar-refractivity contribution in [3.05, 3.63) is 57.5 Å². The van der Waals surface area contributed by atoms with Crippen molar-refractivity contribution < 1.29 is 17.9 Å². The Kier molecular flexibility index (Phi) is 7.51. The molecule has 0 unspecified atom stereocenters. The Morgan fingerprint density at radius 2 is 1.90 bits per heavy atom. The fourth-order valence-corrected chi connectivity index (χ4v) is 5.15. The molecule has 0 spiro atoms. The standard InChI is InChI=1S/C20H21BrClN3O4S/c1-29-19-7-2-16(21)12-15(19)13-23-24-20(26)14-8-10-25(11-9-14)30(27,28)18-5-3-17(22)4-6-18/h2-7,12-14H,8-11H2,1H3,(H,24,26)/b23-13-. The van der Waals surface area contributed by atoms with Gasteiger partial charge in [0, 0.05) is 34.1 Å². The predicted octanol–water partition coefficient (Wildman–Crippen LogP) is 3.66. The van der Waals surface area contributed by atoms with E-state index in [1.165, 1.54) is 22.7 Å². The molecule has 1 aliphatic heterocycles. The maximum atomic E-state index is 12.7. The van der Waals surface area contributed by atoms with Gasteiger partial charge in [0.25, 0.3) is 0 Å². The molecule has 1 aliphatic rings. The number of ether oxygens (including phenoxy) is 1. The van der Waals surface area contributed by atoms with E-state index in [4.69, 9.17) is 16.3 Å². The number of nitrogens with one attached hydrogen (secondary N) is 1. The third-order valence-corrected chi connectivity index (χ3v) is 7.50. The zero-order chi connectivity index (χ0) is 21.7. The highest BCUT2D eigenvalue weighted by Crippen LogP contribution is 2.25. The molecule has 0 radical (unpaired) electrons. The van der Waals surface area contributed by atoms with Gasteiger partial charge in [-0.2, -0.15) is 9.41 Å². The number of nitrogens with zero attached hydrogens (tertiary/aromatic N) is 2. The number of hydrogen-bond acceptors (Lipinski definition) is 5. The minimum Gasteiger partial charge on any atom is -0.496 e. The molecule has 3 rings (SSSR count). The molecule has 0 bridgehead atoms. The Morgan fingerprint density at radius 1 is 1.23 bits per heavy atom. The molecule has 160 valence electrons. The largest absolute Gasteiger partial charge is 0.496 e. The first-order chi connectivity index (χ1) is 14.3. The third-order valence-electron chi connectivity index (χ3n) is 4.85. The van der Waals surface area contributed by atoms with Gasteiger partial charge in [0.05, 0.1) is 18.2 Å². The molecule has 10 heteroatoms. The lowest BCUT2D eigenvalue weighted by molar-refractivity contribution is -0.126. The molecular weight excluding hydrogens is 494 g/mol. The van der Waals surface area contributed by atoms with E-state index >= 15 is 0 Å². The van der Waals surface area contributed by atoms with Crippen LogP contribution in [0.4, 0.5) is 0 Å². The summed E-state index contributed by atoms with van der Waals surface area (Å²) >= 11 is 9.22. The fraction of sp³-hybridized carbons (Fsp3) is 0.300. The molecule has 7 nitrogen and oxygen atoms in total. The molecule has 2 aromatic rings. The third kappa shape index (κ3) is 5.40. The average molecular weight is 515 g/mol. The van der Waals surface area contributed by atoms with Gasteiger partial charge in [-0.25, -0.2) is 13.8 Å². The maximum Gasteiger partial charge on any atom is 0.243 e. The summed E-state index contributed by atoms with van der Waals surface area (Å²) in [7, 11) is -2.04. The summed E-state index contributed by atoms with van der Waals surface area (Å²) in [6, 6.07) is 11.5. The lowest BCUT2D eigenvalue weighted by Crippen LogP contribution is -2.42. The Bertz CT molecular complexity index is 1040.